The van der Waals surface area contributed by atoms with E-state index in [-0.39, 0.29) is 5.97 Å². The van der Waals surface area contributed by atoms with Crippen molar-refractivity contribution in [1.82, 2.24) is 5.48 Å². The molecule has 0 aromatic heterocycles. The molecule has 0 spiro atoms. The van der Waals surface area contributed by atoms with Crippen molar-refractivity contribution >= 4 is 5.97 Å². The van der Waals surface area contributed by atoms with Crippen LogP contribution in [0.5, 0.6) is 0 Å². The monoisotopic (exact) mass is 185 g/mol. The topological polar surface area (TPSA) is 47.6 Å². The van der Waals surface area contributed by atoms with Crippen molar-refractivity contribution in [1.29, 1.82) is 0 Å². The van der Waals surface area contributed by atoms with Crippen molar-refractivity contribution in [3.8, 4) is 0 Å². The molecule has 74 valence electrons. The third kappa shape index (κ3) is 3.46. The van der Waals surface area contributed by atoms with E-state index in [9.17, 15) is 4.79 Å². The molecule has 1 aliphatic rings. The molecule has 0 fully saturated rings. The van der Waals surface area contributed by atoms with Crippen LogP contribution in [0.3, 0.4) is 0 Å². The second-order valence-electron chi connectivity index (χ2n) is 3.90. The van der Waals surface area contributed by atoms with Crippen molar-refractivity contribution < 1.29 is 14.4 Å². The van der Waals surface area contributed by atoms with E-state index in [0.29, 0.717) is 6.42 Å². The van der Waals surface area contributed by atoms with Crippen LogP contribution in [0.1, 0.15) is 27.2 Å². The molecular formula is C9H15NO3. The molecule has 1 aliphatic heterocycles. The van der Waals surface area contributed by atoms with Gasteiger partial charge in [-0.1, -0.05) is 6.08 Å². The van der Waals surface area contributed by atoms with Crippen molar-refractivity contribution in [2.24, 2.45) is 0 Å². The summed E-state index contributed by atoms with van der Waals surface area (Å²) in [5.41, 5.74) is 2.06. The summed E-state index contributed by atoms with van der Waals surface area (Å²) >= 11 is 0. The Morgan fingerprint density at radius 2 is 2.31 bits per heavy atom. The molecule has 1 N–H and O–H groups in total. The van der Waals surface area contributed by atoms with Gasteiger partial charge in [0.05, 0.1) is 0 Å². The first-order valence-corrected chi connectivity index (χ1v) is 4.28. The average Bonchev–Trinajstić information content (AvgIpc) is 2.03. The fourth-order valence-electron chi connectivity index (χ4n) is 0.921. The molecule has 13 heavy (non-hydrogen) atoms. The van der Waals surface area contributed by atoms with Crippen LogP contribution in [0.2, 0.25) is 0 Å². The van der Waals surface area contributed by atoms with Gasteiger partial charge in [0, 0.05) is 12.6 Å². The molecule has 0 bridgehead atoms. The maximum Gasteiger partial charge on any atom is 0.338 e. The van der Waals surface area contributed by atoms with Crippen LogP contribution in [0.4, 0.5) is 0 Å². The first kappa shape index (κ1) is 10.1. The van der Waals surface area contributed by atoms with E-state index < -0.39 is 11.7 Å². The lowest BCUT2D eigenvalue weighted by Gasteiger charge is -2.24. The summed E-state index contributed by atoms with van der Waals surface area (Å²) < 4.78 is 5.14. The minimum absolute atomic E-state index is 0.329. The Hall–Kier alpha value is -1.03. The van der Waals surface area contributed by atoms with Crippen LogP contribution in [0.25, 0.3) is 0 Å². The Kier molecular flexibility index (Phi) is 2.93. The van der Waals surface area contributed by atoms with Gasteiger partial charge in [-0.2, -0.15) is 0 Å². The van der Waals surface area contributed by atoms with Gasteiger partial charge in [-0.15, -0.1) is 0 Å². The smallest absolute Gasteiger partial charge is 0.338 e. The summed E-state index contributed by atoms with van der Waals surface area (Å²) in [5.74, 6) is -0.329. The fraction of sp³-hybridized carbons (Fsp3) is 0.667. The van der Waals surface area contributed by atoms with Crippen LogP contribution in [-0.4, -0.2) is 17.7 Å². The van der Waals surface area contributed by atoms with Crippen molar-refractivity contribution in [3.05, 3.63) is 12.3 Å². The number of nitrogens with one attached hydrogen (secondary N) is 1. The van der Waals surface area contributed by atoms with Crippen LogP contribution < -0.4 is 5.48 Å². The predicted molar refractivity (Wildman–Crippen MR) is 47.6 cm³/mol. The van der Waals surface area contributed by atoms with Crippen LogP contribution in [0.15, 0.2) is 12.3 Å². The van der Waals surface area contributed by atoms with E-state index >= 15 is 0 Å². The summed E-state index contributed by atoms with van der Waals surface area (Å²) in [6.07, 6.45) is 3.52. The Morgan fingerprint density at radius 1 is 1.62 bits per heavy atom. The molecule has 0 amide bonds. The first-order valence-electron chi connectivity index (χ1n) is 4.28. The highest BCUT2D eigenvalue weighted by molar-refractivity contribution is 5.75. The lowest BCUT2D eigenvalue weighted by molar-refractivity contribution is -0.172. The molecule has 4 nitrogen and oxygen atoms in total. The lowest BCUT2D eigenvalue weighted by atomic mass is 10.2. The van der Waals surface area contributed by atoms with Gasteiger partial charge < -0.3 is 4.74 Å². The van der Waals surface area contributed by atoms with Gasteiger partial charge in [0.25, 0.3) is 0 Å². The molecule has 0 saturated carbocycles. The number of hydroxylamine groups is 1. The highest BCUT2D eigenvalue weighted by Crippen LogP contribution is 2.12. The normalized spacial score (nSPS) is 22.2. The highest BCUT2D eigenvalue weighted by atomic mass is 16.7. The molecule has 4 heteroatoms. The standard InChI is InChI=1S/C9H15NO3/c1-9(2,3)12-8(11)7-5-4-6-10-13-7/h4,6-7,10H,5H2,1-3H3. The van der Waals surface area contributed by atoms with E-state index in [1.807, 2.05) is 26.8 Å². The fourth-order valence-corrected chi connectivity index (χ4v) is 0.921. The van der Waals surface area contributed by atoms with Gasteiger partial charge >= 0.3 is 5.97 Å². The predicted octanol–water partition coefficient (Wildman–Crippen LogP) is 1.14. The minimum Gasteiger partial charge on any atom is -0.458 e. The van der Waals surface area contributed by atoms with Gasteiger partial charge in [-0.3, -0.25) is 10.3 Å². The Morgan fingerprint density at radius 3 is 2.77 bits per heavy atom. The van der Waals surface area contributed by atoms with E-state index in [2.05, 4.69) is 5.48 Å². The number of carbonyl (C=O) groups excluding carboxylic acids is 1. The van der Waals surface area contributed by atoms with Crippen molar-refractivity contribution in [3.63, 3.8) is 0 Å². The molecule has 1 heterocycles. The Bertz CT molecular complexity index is 217. The second-order valence-corrected chi connectivity index (χ2v) is 3.90. The maximum absolute atomic E-state index is 11.4. The Balaban J connectivity index is 2.43. The molecule has 1 unspecified atom stereocenters. The third-order valence-electron chi connectivity index (χ3n) is 1.42. The quantitative estimate of drug-likeness (QED) is 0.622. The van der Waals surface area contributed by atoms with E-state index in [1.165, 1.54) is 0 Å². The van der Waals surface area contributed by atoms with Gasteiger partial charge in [0.2, 0.25) is 0 Å². The molecular weight excluding hydrogens is 170 g/mol. The maximum atomic E-state index is 11.4. The first-order chi connectivity index (χ1) is 5.99. The van der Waals surface area contributed by atoms with E-state index in [1.54, 1.807) is 6.20 Å². The van der Waals surface area contributed by atoms with Gasteiger partial charge in [0.15, 0.2) is 6.10 Å². The summed E-state index contributed by atoms with van der Waals surface area (Å²) in [6, 6.07) is 0. The van der Waals surface area contributed by atoms with E-state index in [0.717, 1.165) is 0 Å². The Labute approximate surface area is 77.9 Å². The number of hydrogen-bond donors (Lipinski definition) is 1. The minimum atomic E-state index is -0.524. The molecule has 0 saturated heterocycles. The molecule has 1 rings (SSSR count). The number of carbonyl (C=O) groups is 1. The highest BCUT2D eigenvalue weighted by Gasteiger charge is 2.26. The van der Waals surface area contributed by atoms with Crippen LogP contribution in [-0.2, 0) is 14.4 Å². The van der Waals surface area contributed by atoms with Gasteiger partial charge in [-0.25, -0.2) is 4.79 Å². The number of hydrogen-bond acceptors (Lipinski definition) is 4. The summed E-state index contributed by atoms with van der Waals surface area (Å²) in [5, 5.41) is 0. The molecule has 0 radical (unpaired) electrons. The van der Waals surface area contributed by atoms with Crippen molar-refractivity contribution in [2.45, 2.75) is 38.9 Å². The van der Waals surface area contributed by atoms with E-state index in [4.69, 9.17) is 9.57 Å². The van der Waals surface area contributed by atoms with Crippen LogP contribution >= 0.6 is 0 Å². The average molecular weight is 185 g/mol. The summed E-state index contributed by atoms with van der Waals surface area (Å²) in [6.45, 7) is 5.49. The zero-order valence-electron chi connectivity index (χ0n) is 8.16. The molecule has 1 atom stereocenters. The number of esters is 1. The lowest BCUT2D eigenvalue weighted by Crippen LogP contribution is -2.36. The second kappa shape index (κ2) is 3.79. The molecule has 0 aromatic carbocycles. The SMILES string of the molecule is CC(C)(C)OC(=O)C1CC=CNO1. The van der Waals surface area contributed by atoms with Crippen LogP contribution in [0, 0.1) is 0 Å². The summed E-state index contributed by atoms with van der Waals surface area (Å²) in [7, 11) is 0. The van der Waals surface area contributed by atoms with Crippen molar-refractivity contribution in [2.75, 3.05) is 0 Å². The zero-order chi connectivity index (χ0) is 9.90. The largest absolute Gasteiger partial charge is 0.458 e. The van der Waals surface area contributed by atoms with Gasteiger partial charge in [-0.05, 0) is 20.8 Å². The zero-order valence-corrected chi connectivity index (χ0v) is 8.16. The van der Waals surface area contributed by atoms with Gasteiger partial charge in [0.1, 0.15) is 5.60 Å². The number of ether oxygens (including phenoxy) is 1. The summed E-state index contributed by atoms with van der Waals surface area (Å²) in [4.78, 5) is 16.4. The molecule has 0 aromatic rings. The number of rotatable bonds is 1. The third-order valence-corrected chi connectivity index (χ3v) is 1.42. The molecule has 0 aliphatic carbocycles.